The van der Waals surface area contributed by atoms with Gasteiger partial charge in [0.05, 0.1) is 16.7 Å². The van der Waals surface area contributed by atoms with E-state index in [4.69, 9.17) is 32.7 Å². The number of allylic oxidation sites excluding steroid dienone is 2. The molecule has 0 radical (unpaired) electrons. The molecule has 0 saturated carbocycles. The molecule has 1 heterocycles. The topological polar surface area (TPSA) is 30.8 Å². The van der Waals surface area contributed by atoms with Gasteiger partial charge in [0.1, 0.15) is 5.76 Å². The predicted octanol–water partition coefficient (Wildman–Crippen LogP) is 6.37. The second-order valence-electron chi connectivity index (χ2n) is 6.46. The second-order valence-corrected chi connectivity index (χ2v) is 7.27. The SMILES string of the molecule is CCOC=NC1=CC(c2ccc(Cl)c(Cl)c2)C2=C(O1)c1ccccc1CC2. The minimum atomic E-state index is 0.0330. The van der Waals surface area contributed by atoms with Crippen molar-refractivity contribution >= 4 is 35.4 Å². The lowest BCUT2D eigenvalue weighted by atomic mass is 9.80. The van der Waals surface area contributed by atoms with Gasteiger partial charge in [0.15, 0.2) is 6.40 Å². The molecule has 5 heteroatoms. The summed E-state index contributed by atoms with van der Waals surface area (Å²) < 4.78 is 11.4. The maximum absolute atomic E-state index is 6.28. The summed E-state index contributed by atoms with van der Waals surface area (Å²) in [6.07, 6.45) is 5.36. The summed E-state index contributed by atoms with van der Waals surface area (Å²) >= 11 is 12.4. The zero-order valence-electron chi connectivity index (χ0n) is 14.9. The van der Waals surface area contributed by atoms with Crippen molar-refractivity contribution in [3.05, 3.63) is 86.7 Å². The lowest BCUT2D eigenvalue weighted by Crippen LogP contribution is -2.16. The van der Waals surface area contributed by atoms with Crippen molar-refractivity contribution in [3.8, 4) is 0 Å². The molecule has 0 saturated heterocycles. The van der Waals surface area contributed by atoms with Crippen molar-refractivity contribution in [2.45, 2.75) is 25.7 Å². The number of fused-ring (bicyclic) bond motifs is 2. The number of hydrogen-bond acceptors (Lipinski definition) is 3. The van der Waals surface area contributed by atoms with Crippen molar-refractivity contribution in [1.29, 1.82) is 0 Å². The van der Waals surface area contributed by atoms with E-state index in [0.29, 0.717) is 22.5 Å². The standard InChI is InChI=1S/C22H19Cl2NO2/c1-2-26-13-25-21-12-18(15-8-10-19(23)20(24)11-15)17-9-7-14-5-3-4-6-16(14)22(17)27-21/h3-6,8,10-13,18H,2,7,9H2,1H3. The summed E-state index contributed by atoms with van der Waals surface area (Å²) in [4.78, 5) is 4.35. The fourth-order valence-electron chi connectivity index (χ4n) is 3.55. The molecule has 0 spiro atoms. The third kappa shape index (κ3) is 3.62. The maximum Gasteiger partial charge on any atom is 0.218 e. The number of hydrogen-bond donors (Lipinski definition) is 0. The average Bonchev–Trinajstić information content (AvgIpc) is 2.69. The number of ether oxygens (including phenoxy) is 2. The third-order valence-corrected chi connectivity index (χ3v) is 5.57. The Morgan fingerprint density at radius 3 is 2.81 bits per heavy atom. The summed E-state index contributed by atoms with van der Waals surface area (Å²) in [6.45, 7) is 2.47. The molecule has 0 amide bonds. The molecule has 0 fully saturated rings. The molecular formula is C22H19Cl2NO2. The van der Waals surface area contributed by atoms with E-state index < -0.39 is 0 Å². The highest BCUT2D eigenvalue weighted by molar-refractivity contribution is 6.42. The van der Waals surface area contributed by atoms with Crippen LogP contribution in [-0.4, -0.2) is 13.0 Å². The molecule has 3 nitrogen and oxygen atoms in total. The minimum absolute atomic E-state index is 0.0330. The fourth-order valence-corrected chi connectivity index (χ4v) is 3.86. The van der Waals surface area contributed by atoms with Crippen LogP contribution in [0.3, 0.4) is 0 Å². The summed E-state index contributed by atoms with van der Waals surface area (Å²) in [5, 5.41) is 1.10. The molecule has 27 heavy (non-hydrogen) atoms. The smallest absolute Gasteiger partial charge is 0.218 e. The molecule has 4 rings (SSSR count). The number of aliphatic imine (C=N–C) groups is 1. The fraction of sp³-hybridized carbons (Fsp3) is 0.227. The van der Waals surface area contributed by atoms with Crippen LogP contribution in [0.25, 0.3) is 5.76 Å². The van der Waals surface area contributed by atoms with E-state index in [1.165, 1.54) is 17.5 Å². The molecule has 1 aliphatic heterocycles. The van der Waals surface area contributed by atoms with Gasteiger partial charge in [0, 0.05) is 11.5 Å². The number of aryl methyl sites for hydroxylation is 1. The van der Waals surface area contributed by atoms with Crippen LogP contribution in [-0.2, 0) is 15.9 Å². The van der Waals surface area contributed by atoms with Crippen LogP contribution >= 0.6 is 23.2 Å². The zero-order valence-corrected chi connectivity index (χ0v) is 16.4. The second kappa shape index (κ2) is 7.79. The number of nitrogens with zero attached hydrogens (tertiary/aromatic N) is 1. The molecule has 138 valence electrons. The monoisotopic (exact) mass is 399 g/mol. The normalized spacial score (nSPS) is 18.6. The first kappa shape index (κ1) is 18.1. The molecule has 1 unspecified atom stereocenters. The van der Waals surface area contributed by atoms with E-state index in [1.807, 2.05) is 37.3 Å². The predicted molar refractivity (Wildman–Crippen MR) is 110 cm³/mol. The first-order valence-electron chi connectivity index (χ1n) is 8.97. The van der Waals surface area contributed by atoms with E-state index in [1.54, 1.807) is 0 Å². The largest absolute Gasteiger partial charge is 0.483 e. The number of rotatable bonds is 4. The van der Waals surface area contributed by atoms with Gasteiger partial charge in [0.25, 0.3) is 0 Å². The van der Waals surface area contributed by atoms with Gasteiger partial charge in [-0.3, -0.25) is 0 Å². The van der Waals surface area contributed by atoms with Gasteiger partial charge in [-0.15, -0.1) is 0 Å². The lowest BCUT2D eigenvalue weighted by Gasteiger charge is -2.31. The van der Waals surface area contributed by atoms with Crippen molar-refractivity contribution in [3.63, 3.8) is 0 Å². The van der Waals surface area contributed by atoms with Crippen LogP contribution in [0.4, 0.5) is 0 Å². The summed E-state index contributed by atoms with van der Waals surface area (Å²) in [5.74, 6) is 1.44. The molecule has 0 aromatic heterocycles. The van der Waals surface area contributed by atoms with Crippen molar-refractivity contribution in [2.75, 3.05) is 6.61 Å². The number of halogens is 2. The molecule has 1 atom stereocenters. The Labute approximate surface area is 168 Å². The van der Waals surface area contributed by atoms with Crippen molar-refractivity contribution < 1.29 is 9.47 Å². The Morgan fingerprint density at radius 1 is 1.15 bits per heavy atom. The Kier molecular flexibility index (Phi) is 5.24. The highest BCUT2D eigenvalue weighted by Gasteiger charge is 2.31. The Balaban J connectivity index is 1.81. The van der Waals surface area contributed by atoms with E-state index in [2.05, 4.69) is 23.2 Å². The van der Waals surface area contributed by atoms with Gasteiger partial charge in [0.2, 0.25) is 5.88 Å². The van der Waals surface area contributed by atoms with Gasteiger partial charge in [-0.2, -0.15) is 4.99 Å². The van der Waals surface area contributed by atoms with Crippen LogP contribution in [0, 0.1) is 0 Å². The van der Waals surface area contributed by atoms with E-state index >= 15 is 0 Å². The van der Waals surface area contributed by atoms with Gasteiger partial charge < -0.3 is 9.47 Å². The van der Waals surface area contributed by atoms with Crippen LogP contribution in [0.5, 0.6) is 0 Å². The molecular weight excluding hydrogens is 381 g/mol. The third-order valence-electron chi connectivity index (χ3n) is 4.83. The van der Waals surface area contributed by atoms with Crippen LogP contribution in [0.15, 0.2) is 65.0 Å². The van der Waals surface area contributed by atoms with Crippen LogP contribution < -0.4 is 0 Å². The molecule has 2 aromatic carbocycles. The van der Waals surface area contributed by atoms with Gasteiger partial charge in [-0.25, -0.2) is 0 Å². The quantitative estimate of drug-likeness (QED) is 0.441. The first-order valence-corrected chi connectivity index (χ1v) is 9.73. The van der Waals surface area contributed by atoms with Gasteiger partial charge in [-0.1, -0.05) is 53.5 Å². The molecule has 2 aromatic rings. The number of benzene rings is 2. The summed E-state index contributed by atoms with van der Waals surface area (Å²) in [7, 11) is 0. The van der Waals surface area contributed by atoms with E-state index in [-0.39, 0.29) is 5.92 Å². The molecule has 0 bridgehead atoms. The van der Waals surface area contributed by atoms with E-state index in [9.17, 15) is 0 Å². The lowest BCUT2D eigenvalue weighted by molar-refractivity contribution is 0.327. The van der Waals surface area contributed by atoms with Crippen LogP contribution in [0.2, 0.25) is 10.0 Å². The zero-order chi connectivity index (χ0) is 18.8. The van der Waals surface area contributed by atoms with Gasteiger partial charge in [-0.05, 0) is 54.7 Å². The molecule has 0 N–H and O–H groups in total. The van der Waals surface area contributed by atoms with Gasteiger partial charge >= 0.3 is 0 Å². The highest BCUT2D eigenvalue weighted by Crippen LogP contribution is 2.45. The summed E-state index contributed by atoms with van der Waals surface area (Å²) in [5.41, 5.74) is 4.73. The highest BCUT2D eigenvalue weighted by atomic mass is 35.5. The van der Waals surface area contributed by atoms with Crippen LogP contribution in [0.1, 0.15) is 36.0 Å². The Morgan fingerprint density at radius 2 is 2.00 bits per heavy atom. The van der Waals surface area contributed by atoms with E-state index in [0.717, 1.165) is 29.7 Å². The molecule has 1 aliphatic carbocycles. The van der Waals surface area contributed by atoms with Crippen molar-refractivity contribution in [2.24, 2.45) is 4.99 Å². The first-order chi connectivity index (χ1) is 13.2. The van der Waals surface area contributed by atoms with Crippen molar-refractivity contribution in [1.82, 2.24) is 0 Å². The molecule has 2 aliphatic rings. The maximum atomic E-state index is 6.28. The Hall–Kier alpha value is -2.23. The summed E-state index contributed by atoms with van der Waals surface area (Å²) in [6, 6.07) is 14.1. The Bertz CT molecular complexity index is 963. The average molecular weight is 400 g/mol. The minimum Gasteiger partial charge on any atom is -0.483 e.